The molecule has 4 amide bonds. The zero-order valence-corrected chi connectivity index (χ0v) is 20.1. The molecule has 0 radical (unpaired) electrons. The molecular weight excluding hydrogens is 446 g/mol. The van der Waals surface area contributed by atoms with E-state index in [1.54, 1.807) is 18.1 Å². The van der Waals surface area contributed by atoms with Gasteiger partial charge in [0, 0.05) is 24.8 Å². The molecule has 10 nitrogen and oxygen atoms in total. The second-order valence-electron chi connectivity index (χ2n) is 10.1. The molecule has 3 aliphatic heterocycles. The number of hydrogen-bond acceptors (Lipinski definition) is 4. The number of carbonyl (C=O) groups excluding carboxylic acids is 3. The highest BCUT2D eigenvalue weighted by atomic mass is 16.2. The monoisotopic (exact) mass is 475 g/mol. The maximum atomic E-state index is 14.0. The molecule has 0 saturated carbocycles. The van der Waals surface area contributed by atoms with Gasteiger partial charge in [0.25, 0.3) is 5.91 Å². The van der Waals surface area contributed by atoms with Gasteiger partial charge in [0.1, 0.15) is 11.5 Å². The molecule has 1 saturated heterocycles. The number of likely N-dealkylation sites (tertiary alicyclic amines) is 1. The van der Waals surface area contributed by atoms with Crippen molar-refractivity contribution < 1.29 is 14.4 Å². The third-order valence-corrected chi connectivity index (χ3v) is 7.43. The van der Waals surface area contributed by atoms with Gasteiger partial charge < -0.3 is 15.1 Å². The lowest BCUT2D eigenvalue weighted by atomic mass is 9.80. The van der Waals surface area contributed by atoms with E-state index in [4.69, 9.17) is 6.57 Å². The minimum Gasteiger partial charge on any atom is -0.325 e. The van der Waals surface area contributed by atoms with Gasteiger partial charge in [-0.25, -0.2) is 11.4 Å². The number of aromatic nitrogens is 2. The Morgan fingerprint density at radius 2 is 2.09 bits per heavy atom. The highest BCUT2D eigenvalue weighted by Crippen LogP contribution is 2.47. The van der Waals surface area contributed by atoms with Gasteiger partial charge in [0.05, 0.1) is 31.4 Å². The van der Waals surface area contributed by atoms with E-state index in [0.29, 0.717) is 19.5 Å². The summed E-state index contributed by atoms with van der Waals surface area (Å²) in [6.07, 6.45) is 1.65. The van der Waals surface area contributed by atoms with Crippen LogP contribution in [0.5, 0.6) is 0 Å². The van der Waals surface area contributed by atoms with Gasteiger partial charge in [0.15, 0.2) is 0 Å². The van der Waals surface area contributed by atoms with E-state index in [2.05, 4.69) is 20.4 Å². The number of rotatable bonds is 4. The van der Waals surface area contributed by atoms with Crippen LogP contribution in [0.4, 0.5) is 10.5 Å². The Morgan fingerprint density at radius 3 is 2.80 bits per heavy atom. The fourth-order valence-corrected chi connectivity index (χ4v) is 5.57. The van der Waals surface area contributed by atoms with E-state index in [-0.39, 0.29) is 36.7 Å². The molecule has 5 rings (SSSR count). The summed E-state index contributed by atoms with van der Waals surface area (Å²) in [6.45, 7) is 12.8. The number of carbonyl (C=O) groups is 3. The first-order valence-electron chi connectivity index (χ1n) is 11.9. The van der Waals surface area contributed by atoms with Crippen LogP contribution in [-0.4, -0.2) is 68.5 Å². The average molecular weight is 476 g/mol. The largest absolute Gasteiger partial charge is 0.325 e. The Kier molecular flexibility index (Phi) is 5.50. The van der Waals surface area contributed by atoms with Gasteiger partial charge in [-0.2, -0.15) is 5.10 Å². The van der Waals surface area contributed by atoms with Crippen molar-refractivity contribution in [3.8, 4) is 0 Å². The molecule has 3 atom stereocenters. The number of urea groups is 1. The van der Waals surface area contributed by atoms with E-state index < -0.39 is 17.6 Å². The zero-order chi connectivity index (χ0) is 24.9. The molecule has 0 unspecified atom stereocenters. The van der Waals surface area contributed by atoms with Crippen LogP contribution in [0.3, 0.4) is 0 Å². The van der Waals surface area contributed by atoms with Crippen molar-refractivity contribution in [3.05, 3.63) is 58.7 Å². The van der Waals surface area contributed by atoms with E-state index in [1.165, 1.54) is 9.80 Å². The van der Waals surface area contributed by atoms with Crippen LogP contribution in [-0.2, 0) is 28.1 Å². The van der Waals surface area contributed by atoms with Crippen LogP contribution < -0.4 is 5.32 Å². The van der Waals surface area contributed by atoms with Gasteiger partial charge >= 0.3 is 12.2 Å². The third kappa shape index (κ3) is 3.62. The molecule has 2 N–H and O–H groups in total. The topological polar surface area (TPSA) is 106 Å². The summed E-state index contributed by atoms with van der Waals surface area (Å²) in [6, 6.07) is 6.47. The molecule has 182 valence electrons. The first-order chi connectivity index (χ1) is 16.7. The second kappa shape index (κ2) is 8.41. The molecule has 1 aromatic heterocycles. The number of likely N-dealkylation sites (N-methyl/N-ethyl adjacent to an activating group) is 1. The van der Waals surface area contributed by atoms with Crippen molar-refractivity contribution in [1.29, 1.82) is 0 Å². The smallest absolute Gasteiger partial charge is 0.321 e. The highest BCUT2D eigenvalue weighted by molar-refractivity contribution is 6.07. The van der Waals surface area contributed by atoms with E-state index >= 15 is 0 Å². The standard InChI is InChI=1S/C25H29N7O3/c1-15(2)9-20(30(4)24(35)31-12-16-11-27-29-19(16)13-31)22(33)32-14-25(10-21(32)26-3)17-7-5-6-8-18(17)28-23(25)34/h5-8,11,15,20-21H,9-10,12-14H2,1-2,4H3,(H,27,29)(H,28,34)/t20-,21-,25-/m0/s1. The van der Waals surface area contributed by atoms with Crippen LogP contribution in [0.2, 0.25) is 0 Å². The molecule has 0 aliphatic carbocycles. The summed E-state index contributed by atoms with van der Waals surface area (Å²) in [7, 11) is 1.65. The van der Waals surface area contributed by atoms with Gasteiger partial charge in [-0.1, -0.05) is 32.0 Å². The predicted octanol–water partition coefficient (Wildman–Crippen LogP) is 2.56. The predicted molar refractivity (Wildman–Crippen MR) is 128 cm³/mol. The number of para-hydroxylation sites is 1. The first-order valence-corrected chi connectivity index (χ1v) is 11.9. The quantitative estimate of drug-likeness (QED) is 0.663. The lowest BCUT2D eigenvalue weighted by Gasteiger charge is -2.34. The van der Waals surface area contributed by atoms with Crippen LogP contribution in [0.15, 0.2) is 30.5 Å². The number of aromatic amines is 1. The van der Waals surface area contributed by atoms with Crippen molar-refractivity contribution >= 4 is 23.5 Å². The van der Waals surface area contributed by atoms with Crippen molar-refractivity contribution in [1.82, 2.24) is 24.9 Å². The number of amides is 4. The van der Waals surface area contributed by atoms with Crippen molar-refractivity contribution in [3.63, 3.8) is 0 Å². The maximum Gasteiger partial charge on any atom is 0.321 e. The molecule has 4 heterocycles. The van der Waals surface area contributed by atoms with Gasteiger partial charge in [0.2, 0.25) is 5.91 Å². The maximum absolute atomic E-state index is 14.0. The number of fused-ring (bicyclic) bond motifs is 3. The van der Waals surface area contributed by atoms with E-state index in [0.717, 1.165) is 22.5 Å². The van der Waals surface area contributed by atoms with Crippen molar-refractivity contribution in [2.75, 3.05) is 18.9 Å². The van der Waals surface area contributed by atoms with E-state index in [9.17, 15) is 14.4 Å². The lowest BCUT2D eigenvalue weighted by Crippen LogP contribution is -2.53. The Labute approximate surface area is 204 Å². The van der Waals surface area contributed by atoms with Crippen LogP contribution >= 0.6 is 0 Å². The number of anilines is 1. The van der Waals surface area contributed by atoms with Gasteiger partial charge in [-0.15, -0.1) is 0 Å². The Bertz CT molecular complexity index is 1210. The number of nitrogens with zero attached hydrogens (tertiary/aromatic N) is 5. The molecule has 1 spiro atoms. The number of benzene rings is 1. The van der Waals surface area contributed by atoms with E-state index in [1.807, 2.05) is 38.1 Å². The van der Waals surface area contributed by atoms with Crippen LogP contribution in [0.25, 0.3) is 4.85 Å². The Balaban J connectivity index is 1.41. The molecule has 2 aromatic rings. The van der Waals surface area contributed by atoms with Crippen LogP contribution in [0.1, 0.15) is 43.5 Å². The number of hydrogen-bond donors (Lipinski definition) is 2. The molecular formula is C25H29N7O3. The minimum atomic E-state index is -0.947. The summed E-state index contributed by atoms with van der Waals surface area (Å²) in [5, 5.41) is 9.85. The molecule has 35 heavy (non-hydrogen) atoms. The summed E-state index contributed by atoms with van der Waals surface area (Å²) in [5.41, 5.74) is 2.48. The van der Waals surface area contributed by atoms with Gasteiger partial charge in [-0.05, 0) is 24.0 Å². The second-order valence-corrected chi connectivity index (χ2v) is 10.1. The highest BCUT2D eigenvalue weighted by Gasteiger charge is 2.59. The molecule has 0 bridgehead atoms. The Morgan fingerprint density at radius 1 is 1.31 bits per heavy atom. The normalized spacial score (nSPS) is 23.3. The summed E-state index contributed by atoms with van der Waals surface area (Å²) in [5.74, 6) is -0.323. The summed E-state index contributed by atoms with van der Waals surface area (Å²) >= 11 is 0. The molecule has 1 aromatic carbocycles. The molecule has 1 fully saturated rings. The molecule has 3 aliphatic rings. The average Bonchev–Trinajstić information content (AvgIpc) is 3.59. The van der Waals surface area contributed by atoms with Crippen LogP contribution in [0, 0.1) is 12.5 Å². The minimum absolute atomic E-state index is 0.123. The van der Waals surface area contributed by atoms with Gasteiger partial charge in [-0.3, -0.25) is 24.4 Å². The fourth-order valence-electron chi connectivity index (χ4n) is 5.57. The van der Waals surface area contributed by atoms with Crippen molar-refractivity contribution in [2.45, 2.75) is 57.4 Å². The SMILES string of the molecule is [C-]#[N+][C@@H]1C[C@@]2(CN1C(=O)[C@H](CC(C)C)N(C)C(=O)N1Cc3cn[nH]c3C1)C(=O)Nc1ccccc12. The lowest BCUT2D eigenvalue weighted by molar-refractivity contribution is -0.136. The summed E-state index contributed by atoms with van der Waals surface area (Å²) < 4.78 is 0. The summed E-state index contributed by atoms with van der Waals surface area (Å²) in [4.78, 5) is 48.9. The number of nitrogens with one attached hydrogen (secondary N) is 2. The Hall–Kier alpha value is -3.87. The zero-order valence-electron chi connectivity index (χ0n) is 20.1. The number of H-pyrrole nitrogens is 1. The van der Waals surface area contributed by atoms with Crippen molar-refractivity contribution in [2.24, 2.45) is 5.92 Å². The molecule has 10 heteroatoms. The fraction of sp³-hybridized carbons (Fsp3) is 0.480. The first kappa shape index (κ1) is 22.9. The third-order valence-electron chi connectivity index (χ3n) is 7.43.